The molecule has 108 valence electrons. The first-order valence-corrected chi connectivity index (χ1v) is 6.95. The van der Waals surface area contributed by atoms with Crippen LogP contribution in [-0.4, -0.2) is 4.98 Å². The lowest BCUT2D eigenvalue weighted by Gasteiger charge is -2.04. The van der Waals surface area contributed by atoms with Gasteiger partial charge in [0.15, 0.2) is 5.69 Å². The Labute approximate surface area is 119 Å². The maximum Gasteiger partial charge on any atom is 0.434 e. The standard InChI is InChI=1S/C14H15F3N2S/c1-8-3-4-10(5-9(8)2)6-12-19-13(14(15,16)17)11(7-18)20-12/h3-5H,6-7,18H2,1-2H3. The van der Waals surface area contributed by atoms with Gasteiger partial charge in [-0.2, -0.15) is 13.2 Å². The van der Waals surface area contributed by atoms with E-state index in [0.717, 1.165) is 28.0 Å². The lowest BCUT2D eigenvalue weighted by Crippen LogP contribution is -2.10. The van der Waals surface area contributed by atoms with Gasteiger partial charge in [0.2, 0.25) is 0 Å². The van der Waals surface area contributed by atoms with E-state index in [-0.39, 0.29) is 11.4 Å². The fourth-order valence-corrected chi connectivity index (χ4v) is 2.93. The van der Waals surface area contributed by atoms with Gasteiger partial charge in [-0.1, -0.05) is 18.2 Å². The molecule has 2 aromatic rings. The molecule has 1 aromatic heterocycles. The molecule has 2 N–H and O–H groups in total. The van der Waals surface area contributed by atoms with E-state index in [4.69, 9.17) is 5.73 Å². The first-order valence-electron chi connectivity index (χ1n) is 6.13. The second-order valence-corrected chi connectivity index (χ2v) is 5.84. The third-order valence-corrected chi connectivity index (χ3v) is 4.20. The fraction of sp³-hybridized carbons (Fsp3) is 0.357. The summed E-state index contributed by atoms with van der Waals surface area (Å²) in [7, 11) is 0. The van der Waals surface area contributed by atoms with Gasteiger partial charge in [-0.05, 0) is 30.5 Å². The monoisotopic (exact) mass is 300 g/mol. The lowest BCUT2D eigenvalue weighted by atomic mass is 10.0. The number of hydrogen-bond acceptors (Lipinski definition) is 3. The Kier molecular flexibility index (Phi) is 4.15. The average Bonchev–Trinajstić information content (AvgIpc) is 2.77. The Balaban J connectivity index is 2.30. The molecule has 0 bridgehead atoms. The molecule has 20 heavy (non-hydrogen) atoms. The largest absolute Gasteiger partial charge is 0.434 e. The minimum absolute atomic E-state index is 0.0938. The van der Waals surface area contributed by atoms with Gasteiger partial charge < -0.3 is 5.73 Å². The third kappa shape index (κ3) is 3.19. The van der Waals surface area contributed by atoms with Crippen LogP contribution in [0.5, 0.6) is 0 Å². The molecule has 0 amide bonds. The van der Waals surface area contributed by atoms with Gasteiger partial charge in [0.25, 0.3) is 0 Å². The van der Waals surface area contributed by atoms with Crippen molar-refractivity contribution in [2.24, 2.45) is 5.73 Å². The van der Waals surface area contributed by atoms with Crippen LogP contribution in [-0.2, 0) is 19.1 Å². The van der Waals surface area contributed by atoms with Crippen molar-refractivity contribution in [3.05, 3.63) is 50.5 Å². The summed E-state index contributed by atoms with van der Waals surface area (Å²) in [5.74, 6) is 0. The number of aryl methyl sites for hydroxylation is 2. The average molecular weight is 300 g/mol. The van der Waals surface area contributed by atoms with Crippen LogP contribution in [0.15, 0.2) is 18.2 Å². The molecule has 0 radical (unpaired) electrons. The topological polar surface area (TPSA) is 38.9 Å². The summed E-state index contributed by atoms with van der Waals surface area (Å²) >= 11 is 1.04. The van der Waals surface area contributed by atoms with E-state index in [0.29, 0.717) is 11.4 Å². The second kappa shape index (κ2) is 5.54. The Hall–Kier alpha value is -1.40. The molecule has 1 heterocycles. The summed E-state index contributed by atoms with van der Waals surface area (Å²) in [6.45, 7) is 3.84. The van der Waals surface area contributed by atoms with E-state index < -0.39 is 11.9 Å². The molecule has 0 aliphatic rings. The number of nitrogens with zero attached hydrogens (tertiary/aromatic N) is 1. The first-order chi connectivity index (χ1) is 9.31. The van der Waals surface area contributed by atoms with Crippen molar-refractivity contribution in [3.63, 3.8) is 0 Å². The number of aromatic nitrogens is 1. The van der Waals surface area contributed by atoms with Gasteiger partial charge in [0.05, 0.1) is 9.88 Å². The normalized spacial score (nSPS) is 11.9. The second-order valence-electron chi connectivity index (χ2n) is 4.68. The van der Waals surface area contributed by atoms with Crippen LogP contribution in [0.1, 0.15) is 32.3 Å². The molecule has 0 saturated carbocycles. The molecule has 0 aliphatic heterocycles. The highest BCUT2D eigenvalue weighted by atomic mass is 32.1. The van der Waals surface area contributed by atoms with E-state index in [1.807, 2.05) is 32.0 Å². The zero-order valence-electron chi connectivity index (χ0n) is 11.2. The maximum atomic E-state index is 12.8. The van der Waals surface area contributed by atoms with Crippen molar-refractivity contribution in [1.82, 2.24) is 4.98 Å². The van der Waals surface area contributed by atoms with Crippen LogP contribution in [0.2, 0.25) is 0 Å². The number of nitrogens with two attached hydrogens (primary N) is 1. The molecule has 2 nitrogen and oxygen atoms in total. The quantitative estimate of drug-likeness (QED) is 0.935. The molecule has 6 heteroatoms. The number of thiazole rings is 1. The zero-order chi connectivity index (χ0) is 14.9. The van der Waals surface area contributed by atoms with Gasteiger partial charge in [0.1, 0.15) is 0 Å². The molecule has 1 aromatic carbocycles. The summed E-state index contributed by atoms with van der Waals surface area (Å²) in [5.41, 5.74) is 7.76. The molecule has 0 aliphatic carbocycles. The highest BCUT2D eigenvalue weighted by Crippen LogP contribution is 2.34. The molecular formula is C14H15F3N2S. The van der Waals surface area contributed by atoms with Gasteiger partial charge in [0, 0.05) is 13.0 Å². The summed E-state index contributed by atoms with van der Waals surface area (Å²) in [5, 5.41) is 0.445. The number of alkyl halides is 3. The van der Waals surface area contributed by atoms with Gasteiger partial charge in [-0.3, -0.25) is 0 Å². The van der Waals surface area contributed by atoms with Crippen molar-refractivity contribution in [2.45, 2.75) is 33.0 Å². The van der Waals surface area contributed by atoms with E-state index in [9.17, 15) is 13.2 Å². The van der Waals surface area contributed by atoms with Gasteiger partial charge in [-0.25, -0.2) is 4.98 Å². The molecule has 2 rings (SSSR count). The first kappa shape index (κ1) is 15.0. The van der Waals surface area contributed by atoms with Crippen molar-refractivity contribution in [2.75, 3.05) is 0 Å². The number of halogens is 3. The predicted octanol–water partition coefficient (Wildman–Crippen LogP) is 3.83. The van der Waals surface area contributed by atoms with Crippen LogP contribution in [0, 0.1) is 13.8 Å². The highest BCUT2D eigenvalue weighted by Gasteiger charge is 2.36. The molecule has 0 atom stereocenters. The Bertz CT molecular complexity index is 617. The number of hydrogen-bond donors (Lipinski definition) is 1. The summed E-state index contributed by atoms with van der Waals surface area (Å²) in [6.07, 6.45) is -4.04. The Morgan fingerprint density at radius 3 is 2.40 bits per heavy atom. The van der Waals surface area contributed by atoms with Crippen LogP contribution in [0.25, 0.3) is 0 Å². The number of rotatable bonds is 3. The SMILES string of the molecule is Cc1ccc(Cc2nc(C(F)(F)F)c(CN)s2)cc1C. The summed E-state index contributed by atoms with van der Waals surface area (Å²) < 4.78 is 38.4. The van der Waals surface area contributed by atoms with E-state index in [1.54, 1.807) is 0 Å². The highest BCUT2D eigenvalue weighted by molar-refractivity contribution is 7.11. The molecule has 0 fully saturated rings. The summed E-state index contributed by atoms with van der Waals surface area (Å²) in [6, 6.07) is 5.86. The molecule has 0 saturated heterocycles. The smallest absolute Gasteiger partial charge is 0.326 e. The lowest BCUT2D eigenvalue weighted by molar-refractivity contribution is -0.141. The van der Waals surface area contributed by atoms with Crippen molar-refractivity contribution in [3.8, 4) is 0 Å². The fourth-order valence-electron chi connectivity index (χ4n) is 1.92. The van der Waals surface area contributed by atoms with Crippen molar-refractivity contribution in [1.29, 1.82) is 0 Å². The van der Waals surface area contributed by atoms with Crippen LogP contribution >= 0.6 is 11.3 Å². The van der Waals surface area contributed by atoms with Gasteiger partial charge >= 0.3 is 6.18 Å². The number of benzene rings is 1. The van der Waals surface area contributed by atoms with E-state index in [2.05, 4.69) is 4.98 Å². The third-order valence-electron chi connectivity index (χ3n) is 3.12. The maximum absolute atomic E-state index is 12.8. The van der Waals surface area contributed by atoms with Crippen LogP contribution < -0.4 is 5.73 Å². The van der Waals surface area contributed by atoms with E-state index in [1.165, 1.54) is 0 Å². The molecular weight excluding hydrogens is 285 g/mol. The Morgan fingerprint density at radius 1 is 1.20 bits per heavy atom. The van der Waals surface area contributed by atoms with Crippen molar-refractivity contribution >= 4 is 11.3 Å². The van der Waals surface area contributed by atoms with Crippen molar-refractivity contribution < 1.29 is 13.2 Å². The molecule has 0 spiro atoms. The summed E-state index contributed by atoms with van der Waals surface area (Å²) in [4.78, 5) is 3.81. The predicted molar refractivity (Wildman–Crippen MR) is 73.7 cm³/mol. The minimum Gasteiger partial charge on any atom is -0.326 e. The zero-order valence-corrected chi connectivity index (χ0v) is 12.0. The van der Waals surface area contributed by atoms with Gasteiger partial charge in [-0.15, -0.1) is 11.3 Å². The molecule has 0 unspecified atom stereocenters. The van der Waals surface area contributed by atoms with Crippen LogP contribution in [0.4, 0.5) is 13.2 Å². The Morgan fingerprint density at radius 2 is 1.90 bits per heavy atom. The van der Waals surface area contributed by atoms with E-state index >= 15 is 0 Å². The minimum atomic E-state index is -4.44. The van der Waals surface area contributed by atoms with Crippen LogP contribution in [0.3, 0.4) is 0 Å².